The van der Waals surface area contributed by atoms with Gasteiger partial charge in [0.25, 0.3) is 5.91 Å². The Morgan fingerprint density at radius 2 is 1.59 bits per heavy atom. The van der Waals surface area contributed by atoms with Gasteiger partial charge in [-0.2, -0.15) is 0 Å². The van der Waals surface area contributed by atoms with Crippen LogP contribution in [0.5, 0.6) is 0 Å². The summed E-state index contributed by atoms with van der Waals surface area (Å²) in [6.45, 7) is 5.59. The van der Waals surface area contributed by atoms with Gasteiger partial charge in [-0.25, -0.2) is 0 Å². The predicted octanol–water partition coefficient (Wildman–Crippen LogP) is 3.12. The highest BCUT2D eigenvalue weighted by Gasteiger charge is 2.30. The lowest BCUT2D eigenvalue weighted by molar-refractivity contribution is -0.142. The summed E-state index contributed by atoms with van der Waals surface area (Å²) in [4.78, 5) is 16.8. The van der Waals surface area contributed by atoms with Gasteiger partial charge in [-0.15, -0.1) is 0 Å². The largest absolute Gasteiger partial charge is 0.368 e. The number of piperazine rings is 1. The first kappa shape index (κ1) is 20.1. The van der Waals surface area contributed by atoms with Crippen molar-refractivity contribution in [3.05, 3.63) is 71.8 Å². The number of carbonyl (C=O) groups excluding carboxylic acids is 1. The highest BCUT2D eigenvalue weighted by atomic mass is 16.5. The van der Waals surface area contributed by atoms with E-state index in [2.05, 4.69) is 53.4 Å². The lowest BCUT2D eigenvalue weighted by Crippen LogP contribution is -2.51. The van der Waals surface area contributed by atoms with Crippen LogP contribution in [0.1, 0.15) is 30.1 Å². The first-order chi connectivity index (χ1) is 14.3. The minimum atomic E-state index is -0.206. The summed E-state index contributed by atoms with van der Waals surface area (Å²) in [5.74, 6) is 0.173. The van der Waals surface area contributed by atoms with Gasteiger partial charge < -0.3 is 14.4 Å². The smallest absolute Gasteiger partial charge is 0.251 e. The monoisotopic (exact) mass is 394 g/mol. The van der Waals surface area contributed by atoms with Crippen LogP contribution in [-0.2, 0) is 14.3 Å². The van der Waals surface area contributed by atoms with Crippen LogP contribution in [0.3, 0.4) is 0 Å². The molecule has 5 heteroatoms. The van der Waals surface area contributed by atoms with E-state index >= 15 is 0 Å². The fourth-order valence-corrected chi connectivity index (χ4v) is 4.11. The zero-order chi connectivity index (χ0) is 19.9. The summed E-state index contributed by atoms with van der Waals surface area (Å²) < 4.78 is 11.9. The number of carbonyl (C=O) groups is 1. The van der Waals surface area contributed by atoms with Gasteiger partial charge in [0, 0.05) is 39.3 Å². The van der Waals surface area contributed by atoms with Gasteiger partial charge in [-0.1, -0.05) is 60.7 Å². The van der Waals surface area contributed by atoms with Crippen LogP contribution >= 0.6 is 0 Å². The van der Waals surface area contributed by atoms with Crippen LogP contribution in [0, 0.1) is 0 Å². The Morgan fingerprint density at radius 3 is 2.14 bits per heavy atom. The van der Waals surface area contributed by atoms with E-state index < -0.39 is 0 Å². The minimum absolute atomic E-state index is 0.0558. The number of rotatable bonds is 7. The molecular formula is C24H30N2O3. The van der Waals surface area contributed by atoms with Gasteiger partial charge in [0.05, 0.1) is 6.61 Å². The second kappa shape index (κ2) is 10.0. The molecule has 1 atom stereocenters. The van der Waals surface area contributed by atoms with Crippen molar-refractivity contribution in [2.75, 3.05) is 45.9 Å². The topological polar surface area (TPSA) is 42.0 Å². The minimum Gasteiger partial charge on any atom is -0.368 e. The predicted molar refractivity (Wildman–Crippen MR) is 113 cm³/mol. The van der Waals surface area contributed by atoms with E-state index in [0.717, 1.165) is 52.2 Å². The van der Waals surface area contributed by atoms with Gasteiger partial charge in [0.1, 0.15) is 12.2 Å². The van der Waals surface area contributed by atoms with Crippen LogP contribution in [-0.4, -0.2) is 67.7 Å². The molecule has 5 nitrogen and oxygen atoms in total. The molecule has 2 aliphatic rings. The molecule has 154 valence electrons. The zero-order valence-corrected chi connectivity index (χ0v) is 16.9. The maximum Gasteiger partial charge on any atom is 0.251 e. The summed E-state index contributed by atoms with van der Waals surface area (Å²) in [6.07, 6.45) is 1.60. The van der Waals surface area contributed by atoms with E-state index in [9.17, 15) is 4.79 Å². The standard InChI is InChI=1S/C24H30N2O3/c27-24(22-12-7-18-28-22)26-15-13-25(14-16-26)17-19-29-23(20-8-3-1-4-9-20)21-10-5-2-6-11-21/h1-6,8-11,22-23H,7,12-19H2. The van der Waals surface area contributed by atoms with Crippen LogP contribution in [0.15, 0.2) is 60.7 Å². The number of amides is 1. The quantitative estimate of drug-likeness (QED) is 0.724. The molecule has 1 amide bonds. The third-order valence-corrected chi connectivity index (χ3v) is 5.79. The lowest BCUT2D eigenvalue weighted by atomic mass is 10.0. The van der Waals surface area contributed by atoms with E-state index in [1.807, 2.05) is 17.0 Å². The van der Waals surface area contributed by atoms with E-state index in [-0.39, 0.29) is 18.1 Å². The Bertz CT molecular complexity index is 715. The molecule has 0 bridgehead atoms. The average molecular weight is 395 g/mol. The second-order valence-corrected chi connectivity index (χ2v) is 7.74. The first-order valence-electron chi connectivity index (χ1n) is 10.7. The highest BCUT2D eigenvalue weighted by Crippen LogP contribution is 2.25. The molecule has 0 radical (unpaired) electrons. The third-order valence-electron chi connectivity index (χ3n) is 5.79. The molecule has 2 aromatic rings. The maximum absolute atomic E-state index is 12.5. The number of ether oxygens (including phenoxy) is 2. The van der Waals surface area contributed by atoms with Gasteiger partial charge >= 0.3 is 0 Å². The molecular weight excluding hydrogens is 364 g/mol. The molecule has 0 aromatic heterocycles. The second-order valence-electron chi connectivity index (χ2n) is 7.74. The molecule has 0 N–H and O–H groups in total. The van der Waals surface area contributed by atoms with Crippen molar-refractivity contribution in [1.82, 2.24) is 9.80 Å². The molecule has 2 saturated heterocycles. The number of hydrogen-bond acceptors (Lipinski definition) is 4. The van der Waals surface area contributed by atoms with Crippen molar-refractivity contribution in [2.24, 2.45) is 0 Å². The summed E-state index contributed by atoms with van der Waals surface area (Å²) >= 11 is 0. The van der Waals surface area contributed by atoms with Gasteiger partial charge in [0.15, 0.2) is 0 Å². The van der Waals surface area contributed by atoms with Crippen molar-refractivity contribution in [1.29, 1.82) is 0 Å². The third kappa shape index (κ3) is 5.24. The van der Waals surface area contributed by atoms with Crippen LogP contribution in [0.25, 0.3) is 0 Å². The number of hydrogen-bond donors (Lipinski definition) is 0. The Balaban J connectivity index is 1.27. The van der Waals surface area contributed by atoms with E-state index in [0.29, 0.717) is 6.61 Å². The normalized spacial score (nSPS) is 20.3. The Labute approximate surface area is 173 Å². The van der Waals surface area contributed by atoms with Crippen LogP contribution in [0.4, 0.5) is 0 Å². The van der Waals surface area contributed by atoms with Gasteiger partial charge in [-0.05, 0) is 24.0 Å². The summed E-state index contributed by atoms with van der Waals surface area (Å²) in [5, 5.41) is 0. The average Bonchev–Trinajstić information content (AvgIpc) is 3.33. The van der Waals surface area contributed by atoms with Crippen LogP contribution in [0.2, 0.25) is 0 Å². The molecule has 2 fully saturated rings. The van der Waals surface area contributed by atoms with Gasteiger partial charge in [-0.3, -0.25) is 9.69 Å². The Morgan fingerprint density at radius 1 is 0.966 bits per heavy atom. The fourth-order valence-electron chi connectivity index (χ4n) is 4.11. The van der Waals surface area contributed by atoms with Crippen LogP contribution < -0.4 is 0 Å². The molecule has 0 aliphatic carbocycles. The van der Waals surface area contributed by atoms with Crippen molar-refractivity contribution < 1.29 is 14.3 Å². The van der Waals surface area contributed by atoms with Crippen molar-refractivity contribution in [3.8, 4) is 0 Å². The maximum atomic E-state index is 12.5. The van der Waals surface area contributed by atoms with Crippen molar-refractivity contribution >= 4 is 5.91 Å². The molecule has 2 aliphatic heterocycles. The molecule has 29 heavy (non-hydrogen) atoms. The molecule has 2 aromatic carbocycles. The van der Waals surface area contributed by atoms with Gasteiger partial charge in [0.2, 0.25) is 0 Å². The first-order valence-corrected chi connectivity index (χ1v) is 10.7. The summed E-state index contributed by atoms with van der Waals surface area (Å²) in [7, 11) is 0. The summed E-state index contributed by atoms with van der Waals surface area (Å²) in [6, 6.07) is 20.8. The van der Waals surface area contributed by atoms with Crippen molar-refractivity contribution in [3.63, 3.8) is 0 Å². The lowest BCUT2D eigenvalue weighted by Gasteiger charge is -2.35. The number of nitrogens with zero attached hydrogens (tertiary/aromatic N) is 2. The SMILES string of the molecule is O=C(C1CCCO1)N1CCN(CCOC(c2ccccc2)c2ccccc2)CC1. The van der Waals surface area contributed by atoms with E-state index in [1.165, 1.54) is 11.1 Å². The highest BCUT2D eigenvalue weighted by molar-refractivity contribution is 5.81. The molecule has 1 unspecified atom stereocenters. The Kier molecular flexibility index (Phi) is 6.93. The van der Waals surface area contributed by atoms with E-state index in [1.54, 1.807) is 0 Å². The molecule has 0 spiro atoms. The molecule has 4 rings (SSSR count). The molecule has 0 saturated carbocycles. The summed E-state index contributed by atoms with van der Waals surface area (Å²) in [5.41, 5.74) is 2.34. The molecule has 2 heterocycles. The Hall–Kier alpha value is -2.21. The van der Waals surface area contributed by atoms with Crippen molar-refractivity contribution in [2.45, 2.75) is 25.0 Å². The zero-order valence-electron chi connectivity index (χ0n) is 16.9. The van der Waals surface area contributed by atoms with E-state index in [4.69, 9.17) is 9.47 Å². The fraction of sp³-hybridized carbons (Fsp3) is 0.458. The number of benzene rings is 2.